The molecule has 59 heavy (non-hydrogen) atoms. The molecule has 1 heterocycles. The number of nitrogens with zero attached hydrogens (tertiary/aromatic N) is 2. The molecule has 0 unspecified atom stereocenters. The van der Waals surface area contributed by atoms with E-state index in [0.717, 1.165) is 39.0 Å². The molecule has 0 saturated carbocycles. The summed E-state index contributed by atoms with van der Waals surface area (Å²) in [5, 5.41) is 4.87. The van der Waals surface area contributed by atoms with Gasteiger partial charge in [0.1, 0.15) is 0 Å². The Morgan fingerprint density at radius 3 is 1.59 bits per heavy atom. The van der Waals surface area contributed by atoms with Crippen LogP contribution in [0.2, 0.25) is 0 Å². The van der Waals surface area contributed by atoms with Gasteiger partial charge in [-0.1, -0.05) is 202 Å². The van der Waals surface area contributed by atoms with Crippen LogP contribution < -0.4 is 0 Å². The molecule has 11 rings (SSSR count). The van der Waals surface area contributed by atoms with E-state index in [0.29, 0.717) is 5.82 Å². The highest BCUT2D eigenvalue weighted by molar-refractivity contribution is 6.11. The number of hydrogen-bond donors (Lipinski definition) is 0. The molecule has 0 saturated heterocycles. The van der Waals surface area contributed by atoms with E-state index in [1.807, 2.05) is 0 Å². The van der Waals surface area contributed by atoms with Gasteiger partial charge in [0.15, 0.2) is 5.82 Å². The summed E-state index contributed by atoms with van der Waals surface area (Å²) in [5.41, 5.74) is 17.3. The minimum Gasteiger partial charge on any atom is -0.228 e. The first kappa shape index (κ1) is 34.8. The fourth-order valence-corrected chi connectivity index (χ4v) is 9.32. The van der Waals surface area contributed by atoms with Crippen molar-refractivity contribution in [1.29, 1.82) is 0 Å². The van der Waals surface area contributed by atoms with Gasteiger partial charge >= 0.3 is 0 Å². The van der Waals surface area contributed by atoms with Gasteiger partial charge in [-0.3, -0.25) is 0 Å². The van der Waals surface area contributed by atoms with E-state index < -0.39 is 0 Å². The molecule has 0 amide bonds. The van der Waals surface area contributed by atoms with Gasteiger partial charge in [-0.05, 0) is 95.4 Å². The number of aromatic nitrogens is 2. The highest BCUT2D eigenvalue weighted by Crippen LogP contribution is 2.55. The van der Waals surface area contributed by atoms with Gasteiger partial charge < -0.3 is 0 Å². The summed E-state index contributed by atoms with van der Waals surface area (Å²) in [4.78, 5) is 10.7. The highest BCUT2D eigenvalue weighted by Gasteiger charge is 2.38. The molecule has 2 nitrogen and oxygen atoms in total. The maximum absolute atomic E-state index is 5.38. The minimum absolute atomic E-state index is 0.123. The summed E-state index contributed by atoms with van der Waals surface area (Å²) in [6, 6.07) is 74.2. The zero-order valence-corrected chi connectivity index (χ0v) is 33.0. The second-order valence-electron chi connectivity index (χ2n) is 16.1. The van der Waals surface area contributed by atoms with Gasteiger partial charge in [0.05, 0.1) is 11.4 Å². The van der Waals surface area contributed by atoms with Crippen LogP contribution in [-0.4, -0.2) is 9.97 Å². The van der Waals surface area contributed by atoms with Gasteiger partial charge in [0.2, 0.25) is 0 Å². The molecule has 9 aromatic carbocycles. The van der Waals surface area contributed by atoms with Crippen molar-refractivity contribution in [2.45, 2.75) is 19.3 Å². The van der Waals surface area contributed by atoms with Crippen molar-refractivity contribution >= 4 is 21.5 Å². The Labute approximate surface area is 345 Å². The molecular weight excluding hydrogens is 713 g/mol. The Balaban J connectivity index is 1.10. The second kappa shape index (κ2) is 13.9. The zero-order chi connectivity index (χ0) is 39.5. The monoisotopic (exact) mass is 752 g/mol. The summed E-state index contributed by atoms with van der Waals surface area (Å²) in [7, 11) is 0. The third-order valence-electron chi connectivity index (χ3n) is 12.3. The largest absolute Gasteiger partial charge is 0.228 e. The van der Waals surface area contributed by atoms with Crippen molar-refractivity contribution in [3.05, 3.63) is 217 Å². The Kier molecular flexibility index (Phi) is 8.20. The lowest BCUT2D eigenvalue weighted by Gasteiger charge is -2.22. The van der Waals surface area contributed by atoms with Gasteiger partial charge in [-0.15, -0.1) is 0 Å². The van der Waals surface area contributed by atoms with E-state index in [9.17, 15) is 0 Å². The lowest BCUT2D eigenvalue weighted by atomic mass is 9.81. The van der Waals surface area contributed by atoms with Gasteiger partial charge in [-0.2, -0.15) is 0 Å². The lowest BCUT2D eigenvalue weighted by molar-refractivity contribution is 0.661. The normalized spacial score (nSPS) is 12.7. The molecule has 1 aromatic heterocycles. The summed E-state index contributed by atoms with van der Waals surface area (Å²) >= 11 is 0. The number of benzene rings is 9. The number of hydrogen-bond acceptors (Lipinski definition) is 2. The quantitative estimate of drug-likeness (QED) is 0.169. The molecule has 0 radical (unpaired) electrons. The van der Waals surface area contributed by atoms with Crippen LogP contribution in [0.3, 0.4) is 0 Å². The summed E-state index contributed by atoms with van der Waals surface area (Å²) in [5.74, 6) is 0.702. The van der Waals surface area contributed by atoms with Crippen LogP contribution >= 0.6 is 0 Å². The summed E-state index contributed by atoms with van der Waals surface area (Å²) < 4.78 is 0. The van der Waals surface area contributed by atoms with E-state index in [1.165, 1.54) is 66.2 Å². The first-order valence-corrected chi connectivity index (χ1v) is 20.4. The van der Waals surface area contributed by atoms with E-state index in [4.69, 9.17) is 9.97 Å². The first-order chi connectivity index (χ1) is 29.0. The molecular formula is C57H40N2. The Morgan fingerprint density at radius 1 is 0.322 bits per heavy atom. The van der Waals surface area contributed by atoms with Crippen molar-refractivity contribution in [3.63, 3.8) is 0 Å². The van der Waals surface area contributed by atoms with Crippen molar-refractivity contribution in [3.8, 4) is 78.4 Å². The summed E-state index contributed by atoms with van der Waals surface area (Å²) in [6.07, 6.45) is 0. The average Bonchev–Trinajstić information content (AvgIpc) is 3.55. The molecule has 0 spiro atoms. The molecule has 0 N–H and O–H groups in total. The van der Waals surface area contributed by atoms with Crippen LogP contribution in [0.25, 0.3) is 100.0 Å². The molecule has 0 atom stereocenters. The van der Waals surface area contributed by atoms with Crippen LogP contribution in [0, 0.1) is 0 Å². The molecule has 278 valence electrons. The average molecular weight is 753 g/mol. The number of rotatable bonds is 6. The van der Waals surface area contributed by atoms with Crippen LogP contribution in [0.15, 0.2) is 206 Å². The topological polar surface area (TPSA) is 25.8 Å². The Bertz CT molecular complexity index is 3220. The third-order valence-corrected chi connectivity index (χ3v) is 12.3. The third kappa shape index (κ3) is 5.87. The SMILES string of the molecule is CC1(C)c2cccc(-c3ccc(-c4nc(-c5ccc(-c6ccccc6)cc5)cc(-c5cccc(-c6ccccc6)c5)n4)c4ccccc34)c2-c2c1ccc1ccccc21. The molecule has 10 aromatic rings. The van der Waals surface area contributed by atoms with Crippen LogP contribution in [0.1, 0.15) is 25.0 Å². The number of fused-ring (bicyclic) bond motifs is 6. The molecule has 1 aliphatic rings. The maximum Gasteiger partial charge on any atom is 0.161 e. The van der Waals surface area contributed by atoms with Gasteiger partial charge in [0, 0.05) is 22.1 Å². The van der Waals surface area contributed by atoms with Gasteiger partial charge in [-0.25, -0.2) is 9.97 Å². The molecule has 0 bridgehead atoms. The molecule has 0 fully saturated rings. The lowest BCUT2D eigenvalue weighted by Crippen LogP contribution is -2.14. The Hall–Kier alpha value is -7.42. The fraction of sp³-hybridized carbons (Fsp3) is 0.0526. The fourth-order valence-electron chi connectivity index (χ4n) is 9.32. The van der Waals surface area contributed by atoms with E-state index >= 15 is 0 Å². The predicted molar refractivity (Wildman–Crippen MR) is 247 cm³/mol. The van der Waals surface area contributed by atoms with Crippen molar-refractivity contribution in [2.24, 2.45) is 0 Å². The highest BCUT2D eigenvalue weighted by atomic mass is 14.9. The van der Waals surface area contributed by atoms with E-state index in [1.54, 1.807) is 0 Å². The molecule has 1 aliphatic carbocycles. The Morgan fingerprint density at radius 2 is 0.847 bits per heavy atom. The predicted octanol–water partition coefficient (Wildman–Crippen LogP) is 15.1. The van der Waals surface area contributed by atoms with Crippen LogP contribution in [0.4, 0.5) is 0 Å². The second-order valence-corrected chi connectivity index (χ2v) is 16.1. The molecule has 2 heteroatoms. The summed E-state index contributed by atoms with van der Waals surface area (Å²) in [6.45, 7) is 4.73. The van der Waals surface area contributed by atoms with Crippen LogP contribution in [-0.2, 0) is 5.41 Å². The van der Waals surface area contributed by atoms with Crippen molar-refractivity contribution in [2.75, 3.05) is 0 Å². The van der Waals surface area contributed by atoms with Crippen LogP contribution in [0.5, 0.6) is 0 Å². The van der Waals surface area contributed by atoms with Gasteiger partial charge in [0.25, 0.3) is 0 Å². The smallest absolute Gasteiger partial charge is 0.161 e. The van der Waals surface area contributed by atoms with E-state index in [2.05, 4.69) is 220 Å². The zero-order valence-electron chi connectivity index (χ0n) is 33.0. The maximum atomic E-state index is 5.38. The standard InChI is InChI=1S/C57H40N2/c1-57(2)50-26-14-25-48(55(50)54-44-22-10-9-19-40(44)31-34-51(54)57)47-32-33-49(46-24-12-11-23-45(46)47)56-58-52(41-29-27-39(28-30-41)37-15-5-3-6-16-37)36-53(59-56)43-21-13-20-42(35-43)38-17-7-4-8-18-38/h3-36H,1-2H3. The minimum atomic E-state index is -0.123. The van der Waals surface area contributed by atoms with E-state index in [-0.39, 0.29) is 5.41 Å². The van der Waals surface area contributed by atoms with Crippen molar-refractivity contribution < 1.29 is 0 Å². The van der Waals surface area contributed by atoms with Crippen molar-refractivity contribution in [1.82, 2.24) is 9.97 Å². The first-order valence-electron chi connectivity index (χ1n) is 20.4. The molecule has 0 aliphatic heterocycles.